The van der Waals surface area contributed by atoms with E-state index in [1.807, 2.05) is 0 Å². The van der Waals surface area contributed by atoms with Crippen molar-refractivity contribution in [3.63, 3.8) is 0 Å². The largest absolute Gasteiger partial charge is 0.383 e. The molecule has 0 saturated carbocycles. The second-order valence-electron chi connectivity index (χ2n) is 6.46. The summed E-state index contributed by atoms with van der Waals surface area (Å²) in [6.07, 6.45) is 1.35. The molecule has 0 rings (SSSR count). The molecule has 0 saturated heterocycles. The minimum atomic E-state index is -0.927. The lowest BCUT2D eigenvalue weighted by molar-refractivity contribution is 0.197. The molecule has 0 radical (unpaired) electrons. The van der Waals surface area contributed by atoms with Crippen LogP contribution in [0.1, 0.15) is 20.3 Å². The normalized spacial score (nSPS) is 14.4. The molecule has 98 valence electrons. The lowest BCUT2D eigenvalue weighted by Gasteiger charge is -2.26. The van der Waals surface area contributed by atoms with E-state index in [9.17, 15) is 0 Å². The maximum absolute atomic E-state index is 5.05. The molecule has 2 nitrogen and oxygen atoms in total. The summed E-state index contributed by atoms with van der Waals surface area (Å²) in [5, 5.41) is 3.51. The van der Waals surface area contributed by atoms with Gasteiger partial charge in [-0.25, -0.2) is 0 Å². The molecule has 0 aromatic heterocycles. The van der Waals surface area contributed by atoms with Gasteiger partial charge in [0.15, 0.2) is 0 Å². The number of methoxy groups -OCH3 is 1. The first-order valence-electron chi connectivity index (χ1n) is 6.55. The van der Waals surface area contributed by atoms with Crippen molar-refractivity contribution in [2.45, 2.75) is 46.0 Å². The Balaban J connectivity index is 3.91. The van der Waals surface area contributed by atoms with Crippen LogP contribution in [0.25, 0.3) is 0 Å². The second-order valence-corrected chi connectivity index (χ2v) is 12.0. The summed E-state index contributed by atoms with van der Waals surface area (Å²) in [6.45, 7) is 15.0. The third-order valence-corrected chi connectivity index (χ3v) is 4.42. The Morgan fingerprint density at radius 1 is 1.19 bits per heavy atom. The van der Waals surface area contributed by atoms with Crippen LogP contribution in [0.2, 0.25) is 25.7 Å². The summed E-state index contributed by atoms with van der Waals surface area (Å²) >= 11 is 0. The Kier molecular flexibility index (Phi) is 8.33. The zero-order chi connectivity index (χ0) is 12.6. The van der Waals surface area contributed by atoms with Crippen LogP contribution < -0.4 is 5.32 Å². The van der Waals surface area contributed by atoms with E-state index in [0.717, 1.165) is 31.5 Å². The quantitative estimate of drug-likeness (QED) is 0.497. The van der Waals surface area contributed by atoms with Gasteiger partial charge in [-0.15, -0.1) is 0 Å². The monoisotopic (exact) mass is 245 g/mol. The van der Waals surface area contributed by atoms with Crippen LogP contribution in [0.15, 0.2) is 0 Å². The Morgan fingerprint density at radius 3 is 2.25 bits per heavy atom. The average molecular weight is 245 g/mol. The molecule has 0 aromatic rings. The van der Waals surface area contributed by atoms with Crippen LogP contribution in [-0.4, -0.2) is 34.9 Å². The van der Waals surface area contributed by atoms with Gasteiger partial charge >= 0.3 is 0 Å². The van der Waals surface area contributed by atoms with Crippen molar-refractivity contribution in [2.75, 3.05) is 26.8 Å². The number of nitrogens with one attached hydrogen (secondary N) is 1. The molecule has 0 heterocycles. The molecule has 0 fully saturated rings. The van der Waals surface area contributed by atoms with Gasteiger partial charge in [0, 0.05) is 21.7 Å². The maximum Gasteiger partial charge on any atom is 0.0587 e. The topological polar surface area (TPSA) is 21.3 Å². The van der Waals surface area contributed by atoms with Crippen LogP contribution in [0.3, 0.4) is 0 Å². The highest BCUT2D eigenvalue weighted by Gasteiger charge is 2.20. The third-order valence-electron chi connectivity index (χ3n) is 2.62. The number of ether oxygens (including phenoxy) is 1. The van der Waals surface area contributed by atoms with Gasteiger partial charge in [-0.05, 0) is 24.8 Å². The van der Waals surface area contributed by atoms with Gasteiger partial charge < -0.3 is 10.1 Å². The Morgan fingerprint density at radius 2 is 1.81 bits per heavy atom. The van der Waals surface area contributed by atoms with Crippen LogP contribution in [0.5, 0.6) is 0 Å². The van der Waals surface area contributed by atoms with Crippen molar-refractivity contribution in [3.05, 3.63) is 0 Å². The molecule has 0 aliphatic rings. The molecular weight excluding hydrogens is 214 g/mol. The smallest absolute Gasteiger partial charge is 0.0587 e. The van der Waals surface area contributed by atoms with Crippen molar-refractivity contribution in [1.29, 1.82) is 0 Å². The second kappa shape index (κ2) is 8.26. The zero-order valence-electron chi connectivity index (χ0n) is 12.1. The van der Waals surface area contributed by atoms with Gasteiger partial charge in [0.05, 0.1) is 6.61 Å². The van der Waals surface area contributed by atoms with E-state index in [4.69, 9.17) is 4.74 Å². The molecule has 0 aliphatic carbocycles. The highest BCUT2D eigenvalue weighted by Crippen LogP contribution is 2.22. The lowest BCUT2D eigenvalue weighted by atomic mass is 9.99. The van der Waals surface area contributed by atoms with Crippen LogP contribution in [0.4, 0.5) is 0 Å². The first-order valence-corrected chi connectivity index (χ1v) is 10.3. The first kappa shape index (κ1) is 16.1. The highest BCUT2D eigenvalue weighted by atomic mass is 28.3. The predicted molar refractivity (Wildman–Crippen MR) is 75.8 cm³/mol. The van der Waals surface area contributed by atoms with Crippen molar-refractivity contribution in [2.24, 2.45) is 11.8 Å². The number of hydrogen-bond acceptors (Lipinski definition) is 2. The van der Waals surface area contributed by atoms with E-state index >= 15 is 0 Å². The summed E-state index contributed by atoms with van der Waals surface area (Å²) in [7, 11) is 0.832. The lowest BCUT2D eigenvalue weighted by Crippen LogP contribution is -2.32. The van der Waals surface area contributed by atoms with Crippen molar-refractivity contribution in [1.82, 2.24) is 5.32 Å². The molecule has 1 atom stereocenters. The molecular formula is C13H31NOSi. The van der Waals surface area contributed by atoms with Gasteiger partial charge in [0.2, 0.25) is 0 Å². The fourth-order valence-corrected chi connectivity index (χ4v) is 4.29. The molecule has 16 heavy (non-hydrogen) atoms. The van der Waals surface area contributed by atoms with E-state index in [1.54, 1.807) is 7.11 Å². The minimum absolute atomic E-state index is 0.811. The van der Waals surface area contributed by atoms with Crippen LogP contribution in [-0.2, 0) is 4.74 Å². The number of rotatable bonds is 9. The Hall–Kier alpha value is 0.137. The van der Waals surface area contributed by atoms with Crippen LogP contribution in [0, 0.1) is 11.8 Å². The summed E-state index contributed by atoms with van der Waals surface area (Å²) in [5.41, 5.74) is 0. The molecule has 3 heteroatoms. The molecule has 0 amide bonds. The Bertz CT molecular complexity index is 166. The minimum Gasteiger partial charge on any atom is -0.383 e. The summed E-state index contributed by atoms with van der Waals surface area (Å²) in [6, 6.07) is 1.44. The van der Waals surface area contributed by atoms with Gasteiger partial charge in [0.1, 0.15) is 0 Å². The molecule has 0 bridgehead atoms. The maximum atomic E-state index is 5.05. The highest BCUT2D eigenvalue weighted by molar-refractivity contribution is 6.76. The molecule has 0 aromatic carbocycles. The molecule has 0 spiro atoms. The van der Waals surface area contributed by atoms with Crippen molar-refractivity contribution < 1.29 is 4.74 Å². The zero-order valence-corrected chi connectivity index (χ0v) is 13.1. The third kappa shape index (κ3) is 10.6. The van der Waals surface area contributed by atoms with E-state index in [1.165, 1.54) is 12.5 Å². The van der Waals surface area contributed by atoms with E-state index in [0.29, 0.717) is 0 Å². The van der Waals surface area contributed by atoms with Gasteiger partial charge in [-0.2, -0.15) is 0 Å². The number of hydrogen-bond donors (Lipinski definition) is 1. The van der Waals surface area contributed by atoms with Crippen molar-refractivity contribution in [3.8, 4) is 0 Å². The molecule has 1 N–H and O–H groups in total. The summed E-state index contributed by atoms with van der Waals surface area (Å²) in [4.78, 5) is 0. The standard InChI is InChI=1S/C13H31NOSi/c1-12(2)9-13(11-16(4,5)6)10-14-7-8-15-3/h12-14H,7-11H2,1-6H3. The SMILES string of the molecule is COCCNCC(CC(C)C)C[Si](C)(C)C. The summed E-state index contributed by atoms with van der Waals surface area (Å²) < 4.78 is 5.05. The van der Waals surface area contributed by atoms with Gasteiger partial charge in [-0.3, -0.25) is 0 Å². The Labute approximate surface area is 103 Å². The van der Waals surface area contributed by atoms with Crippen molar-refractivity contribution >= 4 is 8.07 Å². The van der Waals surface area contributed by atoms with E-state index < -0.39 is 8.07 Å². The first-order chi connectivity index (χ1) is 7.35. The van der Waals surface area contributed by atoms with Crippen LogP contribution >= 0.6 is 0 Å². The van der Waals surface area contributed by atoms with Gasteiger partial charge in [-0.1, -0.05) is 39.5 Å². The predicted octanol–water partition coefficient (Wildman–Crippen LogP) is 3.22. The van der Waals surface area contributed by atoms with E-state index in [-0.39, 0.29) is 0 Å². The fraction of sp³-hybridized carbons (Fsp3) is 1.00. The summed E-state index contributed by atoms with van der Waals surface area (Å²) in [5.74, 6) is 1.66. The molecule has 1 unspecified atom stereocenters. The fourth-order valence-electron chi connectivity index (χ4n) is 2.25. The van der Waals surface area contributed by atoms with E-state index in [2.05, 4.69) is 38.8 Å². The average Bonchev–Trinajstić information content (AvgIpc) is 2.08. The van der Waals surface area contributed by atoms with Gasteiger partial charge in [0.25, 0.3) is 0 Å². The molecule has 0 aliphatic heterocycles.